The molecule has 0 aliphatic rings. The molecule has 0 unspecified atom stereocenters. The third-order valence-electron chi connectivity index (χ3n) is 2.02. The first-order chi connectivity index (χ1) is 8.56. The van der Waals surface area contributed by atoms with Crippen molar-refractivity contribution in [3.05, 3.63) is 56.5 Å². The molecular formula is C12H6Cl4Te2. The average Bonchev–Trinajstić information content (AvgIpc) is 2.35. The summed E-state index contributed by atoms with van der Waals surface area (Å²) in [5.74, 6) is 0. The topological polar surface area (TPSA) is 0 Å². The molecule has 0 saturated heterocycles. The van der Waals surface area contributed by atoms with Crippen molar-refractivity contribution in [3.63, 3.8) is 0 Å². The minimum atomic E-state index is -0.207. The zero-order valence-electron chi connectivity index (χ0n) is 8.79. The maximum absolute atomic E-state index is 6.01. The van der Waals surface area contributed by atoms with Crippen molar-refractivity contribution in [1.29, 1.82) is 0 Å². The molecule has 0 spiro atoms. The van der Waals surface area contributed by atoms with E-state index in [1.807, 2.05) is 24.3 Å². The summed E-state index contributed by atoms with van der Waals surface area (Å²) in [6, 6.07) is 11.8. The fourth-order valence-corrected chi connectivity index (χ4v) is 12.0. The van der Waals surface area contributed by atoms with E-state index < -0.39 is 0 Å². The van der Waals surface area contributed by atoms with Gasteiger partial charge < -0.3 is 0 Å². The van der Waals surface area contributed by atoms with E-state index in [2.05, 4.69) is 12.1 Å². The Balaban J connectivity index is 2.06. The third kappa shape index (κ3) is 4.34. The van der Waals surface area contributed by atoms with Crippen molar-refractivity contribution >= 4 is 87.7 Å². The van der Waals surface area contributed by atoms with Gasteiger partial charge in [0, 0.05) is 0 Å². The van der Waals surface area contributed by atoms with Crippen LogP contribution in [-0.2, 0) is 0 Å². The first kappa shape index (κ1) is 15.6. The fraction of sp³-hybridized carbons (Fsp3) is 0. The molecule has 0 heterocycles. The molecule has 0 fully saturated rings. The third-order valence-corrected chi connectivity index (χ3v) is 15.2. The van der Waals surface area contributed by atoms with Crippen LogP contribution in [0, 0.1) is 0 Å². The summed E-state index contributed by atoms with van der Waals surface area (Å²) in [5, 5.41) is 2.51. The SMILES string of the molecule is Clc1ccc([Te][Te]c2ccc(Cl)c(Cl)c2)cc1Cl. The molecule has 0 N–H and O–H groups in total. The Hall–Kier alpha value is 1.18. The van der Waals surface area contributed by atoms with Crippen LogP contribution in [0.3, 0.4) is 0 Å². The molecule has 2 aromatic rings. The Kier molecular flexibility index (Phi) is 6.28. The maximum atomic E-state index is 6.01. The number of rotatable bonds is 3. The van der Waals surface area contributed by atoms with Crippen LogP contribution in [0.4, 0.5) is 0 Å². The Morgan fingerprint density at radius 3 is 1.28 bits per heavy atom. The minimum absolute atomic E-state index is 0.207. The van der Waals surface area contributed by atoms with E-state index >= 15 is 0 Å². The van der Waals surface area contributed by atoms with Crippen LogP contribution < -0.4 is 7.22 Å². The van der Waals surface area contributed by atoms with Crippen molar-refractivity contribution in [2.24, 2.45) is 0 Å². The number of hydrogen-bond acceptors (Lipinski definition) is 0. The standard InChI is InChI=1S/C12H6Cl4Te2/c13-9-3-1-7(5-11(9)15)17-18-8-2-4-10(14)12(16)6-8/h1-6H. The normalized spacial score (nSPS) is 10.7. The van der Waals surface area contributed by atoms with Gasteiger partial charge >= 0.3 is 144 Å². The van der Waals surface area contributed by atoms with Gasteiger partial charge in [-0.05, 0) is 0 Å². The summed E-state index contributed by atoms with van der Waals surface area (Å²) in [6.45, 7) is 0. The van der Waals surface area contributed by atoms with E-state index in [1.54, 1.807) is 0 Å². The van der Waals surface area contributed by atoms with E-state index in [4.69, 9.17) is 46.4 Å². The zero-order chi connectivity index (χ0) is 13.1. The summed E-state index contributed by atoms with van der Waals surface area (Å²) in [6.07, 6.45) is 0. The van der Waals surface area contributed by atoms with Gasteiger partial charge in [0.05, 0.1) is 0 Å². The van der Waals surface area contributed by atoms with Gasteiger partial charge in [-0.2, -0.15) is 0 Å². The summed E-state index contributed by atoms with van der Waals surface area (Å²) in [4.78, 5) is 0. The molecule has 0 amide bonds. The fourth-order valence-electron chi connectivity index (χ4n) is 1.15. The molecule has 0 atom stereocenters. The van der Waals surface area contributed by atoms with Gasteiger partial charge in [0.25, 0.3) is 0 Å². The summed E-state index contributed by atoms with van der Waals surface area (Å²) in [7, 11) is 0. The Labute approximate surface area is 142 Å². The van der Waals surface area contributed by atoms with Crippen molar-refractivity contribution in [3.8, 4) is 0 Å². The van der Waals surface area contributed by atoms with Gasteiger partial charge in [-0.15, -0.1) is 0 Å². The zero-order valence-corrected chi connectivity index (χ0v) is 16.5. The molecule has 0 saturated carbocycles. The molecule has 2 rings (SSSR count). The Morgan fingerprint density at radius 2 is 0.944 bits per heavy atom. The van der Waals surface area contributed by atoms with Gasteiger partial charge in [-0.3, -0.25) is 0 Å². The van der Waals surface area contributed by atoms with Crippen LogP contribution in [0.25, 0.3) is 0 Å². The second-order valence-electron chi connectivity index (χ2n) is 3.32. The molecule has 0 aromatic heterocycles. The second kappa shape index (κ2) is 7.26. The molecule has 0 aliphatic heterocycles. The van der Waals surface area contributed by atoms with E-state index in [0.717, 1.165) is 0 Å². The van der Waals surface area contributed by atoms with Gasteiger partial charge in [0.2, 0.25) is 0 Å². The number of hydrogen-bond donors (Lipinski definition) is 0. The molecule has 0 radical (unpaired) electrons. The molecule has 2 aromatic carbocycles. The number of halogens is 4. The van der Waals surface area contributed by atoms with E-state index in [1.165, 1.54) is 7.22 Å². The van der Waals surface area contributed by atoms with Crippen LogP contribution in [0.1, 0.15) is 0 Å². The quantitative estimate of drug-likeness (QED) is 0.516. The molecule has 0 aliphatic carbocycles. The van der Waals surface area contributed by atoms with Crippen LogP contribution in [0.5, 0.6) is 0 Å². The van der Waals surface area contributed by atoms with E-state index in [9.17, 15) is 0 Å². The Bertz CT molecular complexity index is 520. The van der Waals surface area contributed by atoms with Crippen LogP contribution in [0.15, 0.2) is 36.4 Å². The average molecular weight is 547 g/mol. The number of benzene rings is 2. The van der Waals surface area contributed by atoms with Crippen LogP contribution in [-0.4, -0.2) is 34.1 Å². The van der Waals surface area contributed by atoms with Gasteiger partial charge in [-0.25, -0.2) is 0 Å². The second-order valence-corrected chi connectivity index (χ2v) is 15.0. The van der Waals surface area contributed by atoms with E-state index in [0.29, 0.717) is 20.1 Å². The first-order valence-corrected chi connectivity index (χ1v) is 16.0. The van der Waals surface area contributed by atoms with Crippen LogP contribution >= 0.6 is 46.4 Å². The van der Waals surface area contributed by atoms with Gasteiger partial charge in [-0.1, -0.05) is 0 Å². The van der Waals surface area contributed by atoms with Crippen molar-refractivity contribution < 1.29 is 0 Å². The van der Waals surface area contributed by atoms with Crippen molar-refractivity contribution in [2.45, 2.75) is 0 Å². The molecule has 94 valence electrons. The summed E-state index contributed by atoms with van der Waals surface area (Å²) < 4.78 is 2.67. The van der Waals surface area contributed by atoms with Gasteiger partial charge in [0.15, 0.2) is 0 Å². The molecule has 18 heavy (non-hydrogen) atoms. The van der Waals surface area contributed by atoms with Crippen molar-refractivity contribution in [2.75, 3.05) is 0 Å². The molecular weight excluding hydrogens is 541 g/mol. The first-order valence-electron chi connectivity index (χ1n) is 4.81. The molecule has 0 bridgehead atoms. The Morgan fingerprint density at radius 1 is 0.556 bits per heavy atom. The monoisotopic (exact) mass is 550 g/mol. The predicted octanol–water partition coefficient (Wildman–Crippen LogP) is 3.57. The predicted molar refractivity (Wildman–Crippen MR) is 83.7 cm³/mol. The molecule has 6 heteroatoms. The van der Waals surface area contributed by atoms with Crippen molar-refractivity contribution in [1.82, 2.24) is 0 Å². The summed E-state index contributed by atoms with van der Waals surface area (Å²) >= 11 is 23.4. The summed E-state index contributed by atoms with van der Waals surface area (Å²) in [5.41, 5.74) is 0. The molecule has 0 nitrogen and oxygen atoms in total. The van der Waals surface area contributed by atoms with E-state index in [-0.39, 0.29) is 34.1 Å². The van der Waals surface area contributed by atoms with Crippen LogP contribution in [0.2, 0.25) is 20.1 Å². The van der Waals surface area contributed by atoms with Gasteiger partial charge in [0.1, 0.15) is 0 Å².